The van der Waals surface area contributed by atoms with Crippen LogP contribution in [0.25, 0.3) is 16.6 Å². The Morgan fingerprint density at radius 3 is 2.25 bits per heavy atom. The average Bonchev–Trinajstić information content (AvgIpc) is 2.88. The second-order valence-corrected chi connectivity index (χ2v) is 8.55. The number of piperazine rings is 1. The Kier molecular flexibility index (Phi) is 5.95. The van der Waals surface area contributed by atoms with E-state index < -0.39 is 11.7 Å². The van der Waals surface area contributed by atoms with Gasteiger partial charge >= 0.3 is 6.18 Å². The van der Waals surface area contributed by atoms with Crippen LogP contribution in [-0.4, -0.2) is 51.5 Å². The van der Waals surface area contributed by atoms with E-state index in [-0.39, 0.29) is 11.5 Å². The van der Waals surface area contributed by atoms with Crippen LogP contribution in [0.15, 0.2) is 71.7 Å². The molecule has 0 saturated carbocycles. The summed E-state index contributed by atoms with van der Waals surface area (Å²) in [5.74, 6) is 0.845. The fourth-order valence-corrected chi connectivity index (χ4v) is 4.36. The number of halogens is 3. The lowest BCUT2D eigenvalue weighted by molar-refractivity contribution is -0.137. The number of nitrogens with zero attached hydrogens (tertiary/aromatic N) is 5. The smallest absolute Gasteiger partial charge is 0.353 e. The van der Waals surface area contributed by atoms with Crippen molar-refractivity contribution in [3.8, 4) is 5.69 Å². The molecule has 2 aromatic heterocycles. The molecule has 1 fully saturated rings. The van der Waals surface area contributed by atoms with E-state index in [4.69, 9.17) is 0 Å². The van der Waals surface area contributed by atoms with E-state index in [2.05, 4.69) is 9.97 Å². The minimum atomic E-state index is -4.43. The number of aryl methyl sites for hydroxylation is 1. The molecule has 1 saturated heterocycles. The number of benzene rings is 2. The third-order valence-electron chi connectivity index (χ3n) is 6.28. The molecular formula is C26H22F3N5O2. The first-order valence-corrected chi connectivity index (χ1v) is 11.4. The van der Waals surface area contributed by atoms with Gasteiger partial charge in [-0.2, -0.15) is 13.2 Å². The number of carbonyl (C=O) groups excluding carboxylic acids is 1. The van der Waals surface area contributed by atoms with Crippen LogP contribution in [0.4, 0.5) is 19.0 Å². The molecule has 4 aromatic rings. The highest BCUT2D eigenvalue weighted by molar-refractivity contribution is 5.94. The molecule has 5 rings (SSSR count). The maximum atomic E-state index is 13.0. The maximum Gasteiger partial charge on any atom is 0.417 e. The Labute approximate surface area is 204 Å². The van der Waals surface area contributed by atoms with E-state index in [1.165, 1.54) is 10.6 Å². The lowest BCUT2D eigenvalue weighted by atomic mass is 10.1. The summed E-state index contributed by atoms with van der Waals surface area (Å²) in [6.07, 6.45) is -3.60. The number of amides is 1. The van der Waals surface area contributed by atoms with Crippen molar-refractivity contribution in [2.24, 2.45) is 0 Å². The van der Waals surface area contributed by atoms with Crippen LogP contribution in [0.5, 0.6) is 0 Å². The molecule has 3 heterocycles. The molecule has 0 unspecified atom stereocenters. The van der Waals surface area contributed by atoms with Crippen LogP contribution in [0.3, 0.4) is 0 Å². The molecule has 0 atom stereocenters. The van der Waals surface area contributed by atoms with Crippen molar-refractivity contribution in [2.45, 2.75) is 13.1 Å². The van der Waals surface area contributed by atoms with Crippen LogP contribution in [0, 0.1) is 6.92 Å². The molecule has 7 nitrogen and oxygen atoms in total. The molecule has 1 aliphatic rings. The molecule has 0 spiro atoms. The lowest BCUT2D eigenvalue weighted by Crippen LogP contribution is -2.49. The highest BCUT2D eigenvalue weighted by atomic mass is 19.4. The zero-order valence-corrected chi connectivity index (χ0v) is 19.4. The van der Waals surface area contributed by atoms with Crippen LogP contribution >= 0.6 is 0 Å². The van der Waals surface area contributed by atoms with Crippen molar-refractivity contribution in [3.63, 3.8) is 0 Å². The van der Waals surface area contributed by atoms with Gasteiger partial charge in [-0.05, 0) is 55.5 Å². The standard InChI is InChI=1S/C26H22F3N5O2/c1-17-31-22-5-3-2-4-21(22)25(36)34(17)20-9-6-18(7-10-20)24(35)33-14-12-32(13-15-33)23-11-8-19(16-30-23)26(27,28)29/h2-11,16H,12-15H2,1H3. The molecular weight excluding hydrogens is 471 g/mol. The van der Waals surface area contributed by atoms with Gasteiger partial charge in [-0.25, -0.2) is 9.97 Å². The fourth-order valence-electron chi connectivity index (χ4n) is 4.36. The summed E-state index contributed by atoms with van der Waals surface area (Å²) >= 11 is 0. The number of hydrogen-bond donors (Lipinski definition) is 0. The van der Waals surface area contributed by atoms with Crippen molar-refractivity contribution in [1.29, 1.82) is 0 Å². The first kappa shape index (κ1) is 23.5. The number of pyridine rings is 1. The molecule has 2 aromatic carbocycles. The van der Waals surface area contributed by atoms with Crippen LogP contribution < -0.4 is 10.5 Å². The second kappa shape index (κ2) is 9.10. The van der Waals surface area contributed by atoms with Crippen molar-refractivity contribution in [2.75, 3.05) is 31.1 Å². The van der Waals surface area contributed by atoms with Gasteiger partial charge in [0.15, 0.2) is 0 Å². The minimum Gasteiger partial charge on any atom is -0.353 e. The number of fused-ring (bicyclic) bond motifs is 1. The van der Waals surface area contributed by atoms with Gasteiger partial charge in [0.1, 0.15) is 11.6 Å². The summed E-state index contributed by atoms with van der Waals surface area (Å²) in [5.41, 5.74) is 0.768. The van der Waals surface area contributed by atoms with E-state index in [9.17, 15) is 22.8 Å². The van der Waals surface area contributed by atoms with Gasteiger partial charge in [0.05, 0.1) is 22.2 Å². The molecule has 0 aliphatic carbocycles. The summed E-state index contributed by atoms with van der Waals surface area (Å²) in [7, 11) is 0. The van der Waals surface area contributed by atoms with Crippen LogP contribution in [-0.2, 0) is 6.18 Å². The molecule has 0 radical (unpaired) electrons. The monoisotopic (exact) mass is 493 g/mol. The summed E-state index contributed by atoms with van der Waals surface area (Å²) in [6.45, 7) is 3.50. The summed E-state index contributed by atoms with van der Waals surface area (Å²) in [4.78, 5) is 38.1. The van der Waals surface area contributed by atoms with Crippen molar-refractivity contribution in [1.82, 2.24) is 19.4 Å². The number of aromatic nitrogens is 3. The van der Waals surface area contributed by atoms with E-state index in [1.807, 2.05) is 11.0 Å². The Balaban J connectivity index is 1.28. The molecule has 0 bridgehead atoms. The average molecular weight is 493 g/mol. The number of anilines is 1. The Morgan fingerprint density at radius 1 is 0.917 bits per heavy atom. The summed E-state index contributed by atoms with van der Waals surface area (Å²) in [5, 5.41) is 0.517. The molecule has 10 heteroatoms. The number of para-hydroxylation sites is 1. The topological polar surface area (TPSA) is 71.3 Å². The first-order valence-electron chi connectivity index (χ1n) is 11.4. The largest absolute Gasteiger partial charge is 0.417 e. The van der Waals surface area contributed by atoms with E-state index >= 15 is 0 Å². The third kappa shape index (κ3) is 4.41. The van der Waals surface area contributed by atoms with Gasteiger partial charge in [-0.1, -0.05) is 12.1 Å². The minimum absolute atomic E-state index is 0.151. The normalized spacial score (nSPS) is 14.3. The molecule has 36 heavy (non-hydrogen) atoms. The van der Waals surface area contributed by atoms with Crippen molar-refractivity contribution < 1.29 is 18.0 Å². The zero-order chi connectivity index (χ0) is 25.4. The third-order valence-corrected chi connectivity index (χ3v) is 6.28. The van der Waals surface area contributed by atoms with Gasteiger partial charge in [-0.15, -0.1) is 0 Å². The molecule has 1 aliphatic heterocycles. The van der Waals surface area contributed by atoms with Crippen LogP contribution in [0.1, 0.15) is 21.7 Å². The quantitative estimate of drug-likeness (QED) is 0.430. The highest BCUT2D eigenvalue weighted by Gasteiger charge is 2.31. The van der Waals surface area contributed by atoms with Crippen LogP contribution in [0.2, 0.25) is 0 Å². The molecule has 0 N–H and O–H groups in total. The second-order valence-electron chi connectivity index (χ2n) is 8.55. The predicted molar refractivity (Wildman–Crippen MR) is 129 cm³/mol. The van der Waals surface area contributed by atoms with Crippen molar-refractivity contribution in [3.05, 3.63) is 94.2 Å². The predicted octanol–water partition coefficient (Wildman–Crippen LogP) is 4.07. The SMILES string of the molecule is Cc1nc2ccccc2c(=O)n1-c1ccc(C(=O)N2CCN(c3ccc(C(F)(F)F)cn3)CC2)cc1. The van der Waals surface area contributed by atoms with Crippen molar-refractivity contribution >= 4 is 22.6 Å². The van der Waals surface area contributed by atoms with E-state index in [0.717, 1.165) is 12.3 Å². The Bertz CT molecular complexity index is 1470. The number of hydrogen-bond acceptors (Lipinski definition) is 5. The summed E-state index contributed by atoms with van der Waals surface area (Å²) in [6, 6.07) is 16.3. The van der Waals surface area contributed by atoms with E-state index in [1.54, 1.807) is 54.3 Å². The number of alkyl halides is 3. The summed E-state index contributed by atoms with van der Waals surface area (Å²) < 4.78 is 39.8. The number of carbonyl (C=O) groups is 1. The van der Waals surface area contributed by atoms with E-state index in [0.29, 0.717) is 60.0 Å². The number of rotatable bonds is 3. The van der Waals surface area contributed by atoms with Gasteiger partial charge in [-0.3, -0.25) is 14.2 Å². The van der Waals surface area contributed by atoms with Gasteiger partial charge in [0.2, 0.25) is 0 Å². The van der Waals surface area contributed by atoms with Gasteiger partial charge in [0.25, 0.3) is 11.5 Å². The molecule has 1 amide bonds. The van der Waals surface area contributed by atoms with Gasteiger partial charge < -0.3 is 9.80 Å². The molecule has 184 valence electrons. The lowest BCUT2D eigenvalue weighted by Gasteiger charge is -2.35. The highest BCUT2D eigenvalue weighted by Crippen LogP contribution is 2.29. The van der Waals surface area contributed by atoms with Gasteiger partial charge in [0, 0.05) is 37.9 Å². The maximum absolute atomic E-state index is 13.0. The Morgan fingerprint density at radius 2 is 1.61 bits per heavy atom. The fraction of sp³-hybridized carbons (Fsp3) is 0.231. The zero-order valence-electron chi connectivity index (χ0n) is 19.4. The Hall–Kier alpha value is -4.21. The first-order chi connectivity index (χ1) is 17.2.